The van der Waals surface area contributed by atoms with Gasteiger partial charge in [0.2, 0.25) is 0 Å². The van der Waals surface area contributed by atoms with Crippen molar-refractivity contribution in [2.75, 3.05) is 32.9 Å². The average Bonchev–Trinajstić information content (AvgIpc) is 2.73. The maximum atomic E-state index is 10.8. The molecule has 6 heteroatoms. The molecular weight excluding hydrogens is 446 g/mol. The molecule has 0 spiro atoms. The Labute approximate surface area is 213 Å². The van der Waals surface area contributed by atoms with Crippen LogP contribution in [-0.2, 0) is 10.1 Å². The zero-order valence-electron chi connectivity index (χ0n) is 23.1. The van der Waals surface area contributed by atoms with Gasteiger partial charge in [-0.2, -0.15) is 0 Å². The Morgan fingerprint density at radius 3 is 1.21 bits per heavy atom. The van der Waals surface area contributed by atoms with E-state index in [0.717, 1.165) is 13.0 Å². The first kappa shape index (κ1) is 33.8. The maximum Gasteiger partial charge on any atom is 0.116 e. The summed E-state index contributed by atoms with van der Waals surface area (Å²) in [5.74, 6) is -0.687. The lowest BCUT2D eigenvalue weighted by Gasteiger charge is -2.32. The van der Waals surface area contributed by atoms with Crippen LogP contribution >= 0.6 is 0 Å². The summed E-state index contributed by atoms with van der Waals surface area (Å²) in [6, 6.07) is 0. The van der Waals surface area contributed by atoms with E-state index < -0.39 is 22.0 Å². The number of quaternary nitrogens is 1. The van der Waals surface area contributed by atoms with Gasteiger partial charge < -0.3 is 14.1 Å². The van der Waals surface area contributed by atoms with Crippen molar-refractivity contribution in [2.24, 2.45) is 0 Å². The van der Waals surface area contributed by atoms with Gasteiger partial charge >= 0.3 is 0 Å². The lowest BCUT2D eigenvalue weighted by molar-refractivity contribution is -0.893. The van der Waals surface area contributed by atoms with E-state index in [-0.39, 0.29) is 0 Å². The van der Waals surface area contributed by atoms with Gasteiger partial charge in [0.05, 0.1) is 36.5 Å². The molecule has 0 bridgehead atoms. The molecule has 0 fully saturated rings. The van der Waals surface area contributed by atoms with E-state index in [2.05, 4.69) is 6.92 Å². The van der Waals surface area contributed by atoms with Crippen LogP contribution in [0.3, 0.4) is 0 Å². The third-order valence-electron chi connectivity index (χ3n) is 6.97. The van der Waals surface area contributed by atoms with Crippen LogP contribution < -0.4 is 0 Å². The van der Waals surface area contributed by atoms with E-state index >= 15 is 0 Å². The molecule has 0 aliphatic rings. The van der Waals surface area contributed by atoms with Gasteiger partial charge in [-0.1, -0.05) is 129 Å². The highest BCUT2D eigenvalue weighted by Gasteiger charge is 2.21. The van der Waals surface area contributed by atoms with Crippen LogP contribution in [0.15, 0.2) is 0 Å². The highest BCUT2D eigenvalue weighted by atomic mass is 32.2. The molecule has 1 N–H and O–H groups in total. The number of nitrogens with zero attached hydrogens (tertiary/aromatic N) is 1. The van der Waals surface area contributed by atoms with Crippen molar-refractivity contribution >= 4 is 10.1 Å². The number of rotatable bonds is 26. The summed E-state index contributed by atoms with van der Waals surface area (Å²) in [4.78, 5) is 0. The molecule has 0 amide bonds. The van der Waals surface area contributed by atoms with Crippen molar-refractivity contribution in [3.05, 3.63) is 0 Å². The van der Waals surface area contributed by atoms with Gasteiger partial charge in [0.15, 0.2) is 0 Å². The lowest BCUT2D eigenvalue weighted by Crippen LogP contribution is -2.47. The van der Waals surface area contributed by atoms with Crippen LogP contribution in [0, 0.1) is 0 Å². The van der Waals surface area contributed by atoms with Gasteiger partial charge in [-0.3, -0.25) is 0 Å². The molecule has 0 aromatic heterocycles. The largest absolute Gasteiger partial charge is 0.748 e. The summed E-state index contributed by atoms with van der Waals surface area (Å²) in [6.07, 6.45) is 27.7. The normalized spacial score (nSPS) is 13.4. The quantitative estimate of drug-likeness (QED) is 0.0767. The number of hydrogen-bond donors (Lipinski definition) is 1. The minimum Gasteiger partial charge on any atom is -0.748 e. The summed E-state index contributed by atoms with van der Waals surface area (Å²) >= 11 is 0. The molecule has 0 aromatic rings. The van der Waals surface area contributed by atoms with Crippen LogP contribution in [0.1, 0.15) is 142 Å². The molecule has 34 heavy (non-hydrogen) atoms. The fraction of sp³-hybridized carbons (Fsp3) is 1.00. The first-order chi connectivity index (χ1) is 16.2. The lowest BCUT2D eigenvalue weighted by atomic mass is 10.0. The van der Waals surface area contributed by atoms with Crippen LogP contribution in [0.5, 0.6) is 0 Å². The highest BCUT2D eigenvalue weighted by molar-refractivity contribution is 7.85. The van der Waals surface area contributed by atoms with E-state index in [1.54, 1.807) is 0 Å². The van der Waals surface area contributed by atoms with Crippen molar-refractivity contribution in [3.8, 4) is 0 Å². The summed E-state index contributed by atoms with van der Waals surface area (Å²) in [5, 5.41) is 9.80. The first-order valence-electron chi connectivity index (χ1n) is 14.6. The minimum atomic E-state index is -4.36. The van der Waals surface area contributed by atoms with Gasteiger partial charge in [0.25, 0.3) is 0 Å². The second kappa shape index (κ2) is 22.1. The average molecular weight is 506 g/mol. The van der Waals surface area contributed by atoms with Crippen molar-refractivity contribution in [2.45, 2.75) is 148 Å². The highest BCUT2D eigenvalue weighted by Crippen LogP contribution is 2.15. The number of likely N-dealkylation sites (N-methyl/N-ethyl adjacent to an activating group) is 1. The Kier molecular flexibility index (Phi) is 21.9. The molecule has 0 heterocycles. The molecule has 5 nitrogen and oxygen atoms in total. The molecule has 0 rings (SSSR count). The zero-order chi connectivity index (χ0) is 25.5. The molecule has 1 unspecified atom stereocenters. The van der Waals surface area contributed by atoms with Crippen LogP contribution in [0.2, 0.25) is 0 Å². The van der Waals surface area contributed by atoms with Gasteiger partial charge in [0.1, 0.15) is 12.6 Å². The number of unbranched alkanes of at least 4 members (excludes halogenated alkanes) is 20. The third kappa shape index (κ3) is 26.4. The van der Waals surface area contributed by atoms with E-state index in [1.165, 1.54) is 128 Å². The maximum absolute atomic E-state index is 10.8. The molecule has 0 aliphatic heterocycles. The Hall–Kier alpha value is -0.170. The zero-order valence-corrected chi connectivity index (χ0v) is 23.9. The van der Waals surface area contributed by atoms with Crippen LogP contribution in [0.4, 0.5) is 0 Å². The minimum absolute atomic E-state index is 0.306. The molecule has 1 atom stereocenters. The monoisotopic (exact) mass is 505 g/mol. The van der Waals surface area contributed by atoms with Gasteiger partial charge in [0, 0.05) is 0 Å². The van der Waals surface area contributed by atoms with E-state index in [9.17, 15) is 18.1 Å². The number of aliphatic hydroxyl groups excluding tert-OH is 1. The molecule has 0 radical (unpaired) electrons. The second-order valence-corrected chi connectivity index (χ2v) is 12.7. The predicted octanol–water partition coefficient (Wildman–Crippen LogP) is 7.18. The Morgan fingerprint density at radius 1 is 0.618 bits per heavy atom. The van der Waals surface area contributed by atoms with E-state index in [1.807, 2.05) is 14.1 Å². The Morgan fingerprint density at radius 2 is 0.912 bits per heavy atom. The second-order valence-electron chi connectivity index (χ2n) is 11.3. The molecule has 0 saturated carbocycles. The molecule has 206 valence electrons. The topological polar surface area (TPSA) is 77.4 Å². The smallest absolute Gasteiger partial charge is 0.116 e. The SMILES string of the molecule is CCCCCCCCCCCCCCCCCCCCCCC[N+](C)(C)CC(O)CS(=O)(=O)[O-]. The molecule has 0 aromatic carbocycles. The van der Waals surface area contributed by atoms with E-state index in [0.29, 0.717) is 11.0 Å². The predicted molar refractivity (Wildman–Crippen MR) is 145 cm³/mol. The van der Waals surface area contributed by atoms with Crippen molar-refractivity contribution in [3.63, 3.8) is 0 Å². The summed E-state index contributed by atoms with van der Waals surface area (Å²) in [5.41, 5.74) is 0. The van der Waals surface area contributed by atoms with Crippen molar-refractivity contribution in [1.29, 1.82) is 0 Å². The molecule has 0 saturated heterocycles. The fourth-order valence-corrected chi connectivity index (χ4v) is 5.50. The van der Waals surface area contributed by atoms with Crippen LogP contribution in [-0.4, -0.2) is 61.6 Å². The standard InChI is InChI=1S/C28H59NO4S/c1-4-5-6-7-8-9-10-11-12-13-14-15-16-17-18-19-20-21-22-23-24-25-29(2,3)26-28(30)27-34(31,32)33/h28,30H,4-27H2,1-3H3. The van der Waals surface area contributed by atoms with E-state index in [4.69, 9.17) is 0 Å². The summed E-state index contributed by atoms with van der Waals surface area (Å²) in [7, 11) is -0.395. The van der Waals surface area contributed by atoms with Crippen molar-refractivity contribution < 1.29 is 22.6 Å². The molecular formula is C28H59NO4S. The van der Waals surface area contributed by atoms with Gasteiger partial charge in [-0.25, -0.2) is 8.42 Å². The Balaban J connectivity index is 3.32. The summed E-state index contributed by atoms with van der Waals surface area (Å²) < 4.78 is 32.8. The number of hydrogen-bond acceptors (Lipinski definition) is 4. The van der Waals surface area contributed by atoms with Crippen LogP contribution in [0.25, 0.3) is 0 Å². The first-order valence-corrected chi connectivity index (χ1v) is 16.2. The Bertz CT molecular complexity index is 537. The third-order valence-corrected chi connectivity index (χ3v) is 7.76. The van der Waals surface area contributed by atoms with Gasteiger partial charge in [-0.15, -0.1) is 0 Å². The van der Waals surface area contributed by atoms with Gasteiger partial charge in [-0.05, 0) is 12.8 Å². The molecule has 0 aliphatic carbocycles. The summed E-state index contributed by atoms with van der Waals surface area (Å²) in [6.45, 7) is 3.49. The van der Waals surface area contributed by atoms with Crippen molar-refractivity contribution in [1.82, 2.24) is 0 Å². The fourth-order valence-electron chi connectivity index (χ4n) is 4.92. The number of aliphatic hydroxyl groups is 1.